The maximum absolute atomic E-state index is 9.87. The highest BCUT2D eigenvalue weighted by Crippen LogP contribution is 2.50. The zero-order valence-corrected chi connectivity index (χ0v) is 11.2. The first-order valence-corrected chi connectivity index (χ1v) is 5.90. The molecule has 2 rings (SSSR count). The summed E-state index contributed by atoms with van der Waals surface area (Å²) in [6.45, 7) is 2.78. The molecule has 7 heteroatoms. The van der Waals surface area contributed by atoms with Crippen molar-refractivity contribution in [1.29, 1.82) is 0 Å². The molecule has 2 aromatic carbocycles. The number of rotatable bonds is 2. The smallest absolute Gasteiger partial charge is 0.211 e. The Hall–Kier alpha value is -2.96. The molecule has 0 spiro atoms. The first-order chi connectivity index (χ1) is 9.73. The van der Waals surface area contributed by atoms with Crippen LogP contribution in [0.5, 0.6) is 46.0 Å². The van der Waals surface area contributed by atoms with E-state index in [0.29, 0.717) is 0 Å². The Morgan fingerprint density at radius 3 is 1.29 bits per heavy atom. The maximum Gasteiger partial charge on any atom is 0.211 e. The van der Waals surface area contributed by atoms with Crippen LogP contribution in [-0.2, 0) is 0 Å². The standard InChI is InChI=1S/C14H14O7/c1-5-7(15)3-9(17)13(11(5)19)21-14-10(18)4-8(16)6(2)12(14)20/h3-4,15-20H,1-2H3. The molecule has 21 heavy (non-hydrogen) atoms. The third-order valence-corrected chi connectivity index (χ3v) is 3.13. The lowest BCUT2D eigenvalue weighted by atomic mass is 10.1. The van der Waals surface area contributed by atoms with Gasteiger partial charge in [0.15, 0.2) is 23.0 Å². The van der Waals surface area contributed by atoms with Crippen LogP contribution in [-0.4, -0.2) is 30.6 Å². The molecule has 0 fully saturated rings. The lowest BCUT2D eigenvalue weighted by molar-refractivity contribution is 0.334. The summed E-state index contributed by atoms with van der Waals surface area (Å²) in [7, 11) is 0. The second-order valence-electron chi connectivity index (χ2n) is 4.54. The van der Waals surface area contributed by atoms with Crippen molar-refractivity contribution in [3.05, 3.63) is 23.3 Å². The molecule has 0 heterocycles. The number of hydrogen-bond donors (Lipinski definition) is 6. The van der Waals surface area contributed by atoms with Crippen LogP contribution >= 0.6 is 0 Å². The molecule has 0 aliphatic carbocycles. The Morgan fingerprint density at radius 2 is 0.952 bits per heavy atom. The van der Waals surface area contributed by atoms with Crippen molar-refractivity contribution in [2.45, 2.75) is 13.8 Å². The molecule has 0 amide bonds. The third kappa shape index (κ3) is 2.29. The first-order valence-electron chi connectivity index (χ1n) is 5.90. The van der Waals surface area contributed by atoms with Crippen LogP contribution < -0.4 is 4.74 Å². The van der Waals surface area contributed by atoms with Crippen molar-refractivity contribution in [2.24, 2.45) is 0 Å². The lowest BCUT2D eigenvalue weighted by Crippen LogP contribution is -1.91. The van der Waals surface area contributed by atoms with E-state index >= 15 is 0 Å². The number of phenolic OH excluding ortho intramolecular Hbond substituents is 6. The predicted molar refractivity (Wildman–Crippen MR) is 72.4 cm³/mol. The van der Waals surface area contributed by atoms with Crippen LogP contribution in [0.15, 0.2) is 12.1 Å². The Kier molecular flexibility index (Phi) is 3.34. The van der Waals surface area contributed by atoms with Gasteiger partial charge < -0.3 is 35.4 Å². The Morgan fingerprint density at radius 1 is 0.619 bits per heavy atom. The number of ether oxygens (including phenoxy) is 1. The normalized spacial score (nSPS) is 10.6. The highest BCUT2D eigenvalue weighted by Gasteiger charge is 2.22. The van der Waals surface area contributed by atoms with Gasteiger partial charge in [-0.15, -0.1) is 0 Å². The summed E-state index contributed by atoms with van der Waals surface area (Å²) in [5.41, 5.74) is 0.106. The van der Waals surface area contributed by atoms with Crippen molar-refractivity contribution in [3.8, 4) is 46.0 Å². The molecule has 0 radical (unpaired) electrons. The summed E-state index contributed by atoms with van der Waals surface area (Å²) in [6.07, 6.45) is 0. The van der Waals surface area contributed by atoms with E-state index in [1.807, 2.05) is 0 Å². The fourth-order valence-electron chi connectivity index (χ4n) is 1.74. The monoisotopic (exact) mass is 294 g/mol. The average molecular weight is 294 g/mol. The Labute approximate surface area is 119 Å². The van der Waals surface area contributed by atoms with Crippen molar-refractivity contribution in [1.82, 2.24) is 0 Å². The van der Waals surface area contributed by atoms with Crippen LogP contribution in [0.25, 0.3) is 0 Å². The topological polar surface area (TPSA) is 131 Å². The van der Waals surface area contributed by atoms with Gasteiger partial charge in [-0.25, -0.2) is 0 Å². The van der Waals surface area contributed by atoms with Gasteiger partial charge in [0.05, 0.1) is 0 Å². The summed E-state index contributed by atoms with van der Waals surface area (Å²) >= 11 is 0. The van der Waals surface area contributed by atoms with E-state index in [1.54, 1.807) is 0 Å². The van der Waals surface area contributed by atoms with E-state index in [1.165, 1.54) is 13.8 Å². The van der Waals surface area contributed by atoms with E-state index in [4.69, 9.17) is 4.74 Å². The third-order valence-electron chi connectivity index (χ3n) is 3.13. The Bertz CT molecular complexity index is 661. The summed E-state index contributed by atoms with van der Waals surface area (Å²) in [6, 6.07) is 1.90. The number of aromatic hydroxyl groups is 6. The van der Waals surface area contributed by atoms with E-state index in [0.717, 1.165) is 12.1 Å². The van der Waals surface area contributed by atoms with E-state index in [2.05, 4.69) is 0 Å². The molecule has 0 aliphatic rings. The fraction of sp³-hybridized carbons (Fsp3) is 0.143. The van der Waals surface area contributed by atoms with Gasteiger partial charge in [0, 0.05) is 23.3 Å². The van der Waals surface area contributed by atoms with Gasteiger partial charge in [0.2, 0.25) is 11.5 Å². The second kappa shape index (κ2) is 4.86. The van der Waals surface area contributed by atoms with E-state index in [9.17, 15) is 30.6 Å². The summed E-state index contributed by atoms with van der Waals surface area (Å²) in [5.74, 6) is -3.82. The fourth-order valence-corrected chi connectivity index (χ4v) is 1.74. The van der Waals surface area contributed by atoms with Gasteiger partial charge in [-0.2, -0.15) is 0 Å². The molecular formula is C14H14O7. The van der Waals surface area contributed by atoms with Gasteiger partial charge in [0.25, 0.3) is 0 Å². The van der Waals surface area contributed by atoms with Gasteiger partial charge in [-0.05, 0) is 13.8 Å². The van der Waals surface area contributed by atoms with Crippen molar-refractivity contribution in [3.63, 3.8) is 0 Å². The van der Waals surface area contributed by atoms with Gasteiger partial charge in [0.1, 0.15) is 11.5 Å². The minimum absolute atomic E-state index is 0.0530. The van der Waals surface area contributed by atoms with Crippen LogP contribution in [0, 0.1) is 13.8 Å². The molecule has 7 nitrogen and oxygen atoms in total. The molecule has 0 atom stereocenters. The molecule has 0 unspecified atom stereocenters. The summed E-state index contributed by atoms with van der Waals surface area (Å²) < 4.78 is 5.15. The quantitative estimate of drug-likeness (QED) is 0.501. The van der Waals surface area contributed by atoms with Crippen molar-refractivity contribution >= 4 is 0 Å². The highest BCUT2D eigenvalue weighted by molar-refractivity contribution is 5.65. The summed E-state index contributed by atoms with van der Waals surface area (Å²) in [5, 5.41) is 58.1. The minimum Gasteiger partial charge on any atom is -0.507 e. The minimum atomic E-state index is -0.583. The molecule has 0 aromatic heterocycles. The van der Waals surface area contributed by atoms with Gasteiger partial charge >= 0.3 is 0 Å². The van der Waals surface area contributed by atoms with Crippen molar-refractivity contribution < 1.29 is 35.4 Å². The Balaban J connectivity index is 2.59. The zero-order valence-electron chi connectivity index (χ0n) is 11.2. The van der Waals surface area contributed by atoms with E-state index in [-0.39, 0.29) is 22.6 Å². The maximum atomic E-state index is 9.87. The van der Waals surface area contributed by atoms with Crippen LogP contribution in [0.2, 0.25) is 0 Å². The zero-order chi connectivity index (χ0) is 15.9. The second-order valence-corrected chi connectivity index (χ2v) is 4.54. The molecule has 112 valence electrons. The summed E-state index contributed by atoms with van der Waals surface area (Å²) in [4.78, 5) is 0. The molecule has 6 N–H and O–H groups in total. The van der Waals surface area contributed by atoms with Crippen LogP contribution in [0.3, 0.4) is 0 Å². The molecule has 0 saturated carbocycles. The lowest BCUT2D eigenvalue weighted by Gasteiger charge is -2.15. The average Bonchev–Trinajstić information content (AvgIpc) is 2.42. The number of hydrogen-bond acceptors (Lipinski definition) is 7. The van der Waals surface area contributed by atoms with Crippen LogP contribution in [0.4, 0.5) is 0 Å². The molecule has 0 saturated heterocycles. The molecule has 0 bridgehead atoms. The number of phenols is 6. The van der Waals surface area contributed by atoms with Crippen molar-refractivity contribution in [2.75, 3.05) is 0 Å². The molecule has 0 aliphatic heterocycles. The predicted octanol–water partition coefficient (Wildman–Crippen LogP) is 2.33. The molecule has 2 aromatic rings. The SMILES string of the molecule is Cc1c(O)cc(O)c(Oc2c(O)cc(O)c(C)c2O)c1O. The van der Waals surface area contributed by atoms with Gasteiger partial charge in [-0.1, -0.05) is 0 Å². The van der Waals surface area contributed by atoms with E-state index < -0.39 is 34.5 Å². The largest absolute Gasteiger partial charge is 0.507 e. The first kappa shape index (κ1) is 14.4. The van der Waals surface area contributed by atoms with Crippen LogP contribution in [0.1, 0.15) is 11.1 Å². The highest BCUT2D eigenvalue weighted by atomic mass is 16.5. The number of benzene rings is 2. The van der Waals surface area contributed by atoms with Gasteiger partial charge in [-0.3, -0.25) is 0 Å². The molecular weight excluding hydrogens is 280 g/mol.